The van der Waals surface area contributed by atoms with Gasteiger partial charge in [-0.2, -0.15) is 0 Å². The fourth-order valence-corrected chi connectivity index (χ4v) is 5.66. The molecule has 0 aromatic rings. The molecule has 0 N–H and O–H groups in total. The molecule has 0 spiro atoms. The molecule has 3 nitrogen and oxygen atoms in total. The molecule has 0 amide bonds. The van der Waals surface area contributed by atoms with Crippen molar-refractivity contribution in [1.82, 2.24) is 14.7 Å². The van der Waals surface area contributed by atoms with Gasteiger partial charge in [-0.1, -0.05) is 0 Å². The van der Waals surface area contributed by atoms with Crippen LogP contribution in [0.3, 0.4) is 0 Å². The van der Waals surface area contributed by atoms with Crippen molar-refractivity contribution >= 4 is 0 Å². The van der Waals surface area contributed by atoms with Crippen molar-refractivity contribution in [2.45, 2.75) is 155 Å². The molecule has 0 bridgehead atoms. The number of hydrogen-bond donors (Lipinski definition) is 0. The van der Waals surface area contributed by atoms with Crippen molar-refractivity contribution in [3.05, 3.63) is 0 Å². The van der Waals surface area contributed by atoms with Crippen molar-refractivity contribution in [3.8, 4) is 0 Å². The molecule has 0 radical (unpaired) electrons. The van der Waals surface area contributed by atoms with E-state index < -0.39 is 37.4 Å². The Kier molecular flexibility index (Phi) is 12.6. The van der Waals surface area contributed by atoms with Crippen LogP contribution in [0.15, 0.2) is 0 Å². The second-order valence-electron chi connectivity index (χ2n) is 13.2. The molecule has 0 aliphatic carbocycles. The van der Waals surface area contributed by atoms with Gasteiger partial charge in [-0.05, 0) is 120 Å². The first-order valence-corrected chi connectivity index (χ1v) is 13.4. The predicted molar refractivity (Wildman–Crippen MR) is 136 cm³/mol. The van der Waals surface area contributed by atoms with Crippen LogP contribution in [-0.2, 0) is 0 Å². The fourth-order valence-electron chi connectivity index (χ4n) is 5.66. The molecule has 3 fully saturated rings. The summed E-state index contributed by atoms with van der Waals surface area (Å²) in [6, 6.07) is -1.53. The smallest absolute Gasteiger partial charge is 0.253 e. The summed E-state index contributed by atoms with van der Waals surface area (Å²) in [6.07, 6.45) is -1.89. The van der Waals surface area contributed by atoms with Crippen LogP contribution in [0.25, 0.3) is 0 Å². The van der Waals surface area contributed by atoms with E-state index in [1.165, 1.54) is 0 Å². The molecule has 3 aliphatic heterocycles. The highest BCUT2D eigenvalue weighted by Crippen LogP contribution is 2.31. The molecule has 9 heteroatoms. The Morgan fingerprint density at radius 3 is 0.750 bits per heavy atom. The molecule has 36 heavy (non-hydrogen) atoms. The lowest BCUT2D eigenvalue weighted by molar-refractivity contribution is 0.00618. The first-order valence-electron chi connectivity index (χ1n) is 13.4. The van der Waals surface area contributed by atoms with Crippen LogP contribution in [0.2, 0.25) is 0 Å². The maximum absolute atomic E-state index is 12.5. The summed E-state index contributed by atoms with van der Waals surface area (Å²) in [5.41, 5.74) is -0.340. The van der Waals surface area contributed by atoms with Gasteiger partial charge in [-0.15, -0.1) is 0 Å². The maximum Gasteiger partial charge on any atom is 0.253 e. The maximum atomic E-state index is 12.5. The van der Waals surface area contributed by atoms with Gasteiger partial charge in [-0.3, -0.25) is 14.7 Å². The minimum Gasteiger partial charge on any atom is -0.290 e. The molecular formula is C27H51F6N3. The highest BCUT2D eigenvalue weighted by Gasteiger charge is 2.39. The van der Waals surface area contributed by atoms with Crippen molar-refractivity contribution in [2.75, 3.05) is 19.6 Å². The summed E-state index contributed by atoms with van der Waals surface area (Å²) in [5, 5.41) is 0. The molecule has 0 saturated carbocycles. The van der Waals surface area contributed by atoms with Crippen molar-refractivity contribution in [3.63, 3.8) is 0 Å². The molecule has 3 rings (SSSR count). The zero-order valence-corrected chi connectivity index (χ0v) is 23.9. The summed E-state index contributed by atoms with van der Waals surface area (Å²) in [6.45, 7) is 20.4. The van der Waals surface area contributed by atoms with Crippen LogP contribution in [0.5, 0.6) is 0 Å². The van der Waals surface area contributed by atoms with E-state index in [1.807, 2.05) is 77.0 Å². The van der Waals surface area contributed by atoms with Crippen LogP contribution in [0.4, 0.5) is 26.3 Å². The standard InChI is InChI=1S/3C9H17F2N/c3*1-9(2,3)12-6-4-5-7(12)8(10)11/h3*7-8H,4-6H2,1-3H3/t2*7-;/m10./s1. The highest BCUT2D eigenvalue weighted by molar-refractivity contribution is 4.91. The van der Waals surface area contributed by atoms with Crippen molar-refractivity contribution in [1.29, 1.82) is 0 Å². The van der Waals surface area contributed by atoms with Gasteiger partial charge < -0.3 is 0 Å². The number of rotatable bonds is 3. The van der Waals surface area contributed by atoms with Crippen LogP contribution in [0, 0.1) is 0 Å². The lowest BCUT2D eigenvalue weighted by Crippen LogP contribution is -2.47. The summed E-state index contributed by atoms with van der Waals surface area (Å²) >= 11 is 0. The number of hydrogen-bond acceptors (Lipinski definition) is 3. The Morgan fingerprint density at radius 2 is 0.639 bits per heavy atom. The Balaban J connectivity index is 0.000000270. The molecule has 3 heterocycles. The van der Waals surface area contributed by atoms with Gasteiger partial charge in [0, 0.05) is 16.6 Å². The van der Waals surface area contributed by atoms with Crippen LogP contribution < -0.4 is 0 Å². The number of nitrogens with zero attached hydrogens (tertiary/aromatic N) is 3. The Labute approximate surface area is 215 Å². The third kappa shape index (κ3) is 9.97. The zero-order chi connectivity index (χ0) is 28.1. The minimum atomic E-state index is -2.19. The second kappa shape index (κ2) is 13.5. The van der Waals surface area contributed by atoms with Gasteiger partial charge in [0.05, 0.1) is 18.1 Å². The van der Waals surface area contributed by atoms with Crippen molar-refractivity contribution < 1.29 is 26.3 Å². The molecule has 1 unspecified atom stereocenters. The Bertz CT molecular complexity index is 539. The van der Waals surface area contributed by atoms with E-state index in [2.05, 4.69) is 0 Å². The van der Waals surface area contributed by atoms with E-state index in [0.29, 0.717) is 19.3 Å². The lowest BCUT2D eigenvalue weighted by atomic mass is 10.0. The average Bonchev–Trinajstić information content (AvgIpc) is 3.47. The first kappa shape index (κ1) is 33.5. The summed E-state index contributed by atoms with van der Waals surface area (Å²) in [7, 11) is 0. The fraction of sp³-hybridized carbons (Fsp3) is 1.00. The predicted octanol–water partition coefficient (Wildman–Crippen LogP) is 7.54. The van der Waals surface area contributed by atoms with E-state index >= 15 is 0 Å². The Morgan fingerprint density at radius 1 is 0.444 bits per heavy atom. The first-order chi connectivity index (χ1) is 16.3. The van der Waals surface area contributed by atoms with Crippen LogP contribution >= 0.6 is 0 Å². The molecule has 0 aromatic carbocycles. The van der Waals surface area contributed by atoms with Crippen molar-refractivity contribution in [2.24, 2.45) is 0 Å². The van der Waals surface area contributed by atoms with Crippen LogP contribution in [0.1, 0.15) is 101 Å². The quantitative estimate of drug-likeness (QED) is 0.348. The second-order valence-corrected chi connectivity index (χ2v) is 13.2. The largest absolute Gasteiger partial charge is 0.290 e. The number of halogens is 6. The van der Waals surface area contributed by atoms with Gasteiger partial charge >= 0.3 is 0 Å². The molecule has 3 aliphatic rings. The SMILES string of the molecule is CC(C)(C)N1CCCC1C(F)F.CC(C)(C)N1CCC[C@@H]1C(F)F.CC(C)(C)N1CCC[C@H]1C(F)F. The molecule has 216 valence electrons. The Hall–Kier alpha value is -0.540. The molecule has 3 atom stereocenters. The van der Waals surface area contributed by atoms with E-state index in [1.54, 1.807) is 0 Å². The topological polar surface area (TPSA) is 9.72 Å². The van der Waals surface area contributed by atoms with Gasteiger partial charge in [0.25, 0.3) is 19.3 Å². The number of likely N-dealkylation sites (tertiary alicyclic amines) is 3. The third-order valence-corrected chi connectivity index (χ3v) is 7.36. The molecule has 0 aromatic heterocycles. The van der Waals surface area contributed by atoms with Gasteiger partial charge in [0.2, 0.25) is 0 Å². The monoisotopic (exact) mass is 531 g/mol. The molecule has 3 saturated heterocycles. The highest BCUT2D eigenvalue weighted by atomic mass is 19.3. The summed E-state index contributed by atoms with van der Waals surface area (Å²) in [5.74, 6) is 0. The van der Waals surface area contributed by atoms with Gasteiger partial charge in [0.15, 0.2) is 0 Å². The molecular weight excluding hydrogens is 480 g/mol. The van der Waals surface area contributed by atoms with Crippen LogP contribution in [-0.4, -0.2) is 88.4 Å². The van der Waals surface area contributed by atoms with Gasteiger partial charge in [0.1, 0.15) is 0 Å². The zero-order valence-electron chi connectivity index (χ0n) is 23.9. The normalized spacial score (nSPS) is 27.0. The number of alkyl halides is 6. The van der Waals surface area contributed by atoms with Gasteiger partial charge in [-0.25, -0.2) is 26.3 Å². The van der Waals surface area contributed by atoms with E-state index in [4.69, 9.17) is 0 Å². The average molecular weight is 532 g/mol. The summed E-state index contributed by atoms with van der Waals surface area (Å²) < 4.78 is 74.9. The lowest BCUT2D eigenvalue weighted by Gasteiger charge is -2.36. The van der Waals surface area contributed by atoms with E-state index in [9.17, 15) is 26.3 Å². The van der Waals surface area contributed by atoms with E-state index in [0.717, 1.165) is 38.9 Å². The van der Waals surface area contributed by atoms with E-state index in [-0.39, 0.29) is 16.6 Å². The summed E-state index contributed by atoms with van der Waals surface area (Å²) in [4.78, 5) is 5.74. The third-order valence-electron chi connectivity index (χ3n) is 7.36. The minimum absolute atomic E-state index is 0.113.